The topological polar surface area (TPSA) is 43.4 Å². The van der Waals surface area contributed by atoms with Crippen molar-refractivity contribution < 1.29 is 34.6 Å². The van der Waals surface area contributed by atoms with Crippen molar-refractivity contribution in [1.29, 1.82) is 0 Å². The van der Waals surface area contributed by atoms with Gasteiger partial charge in [0, 0.05) is 5.39 Å². The van der Waals surface area contributed by atoms with E-state index in [1.54, 1.807) is 0 Å². The second kappa shape index (κ2) is 9.02. The summed E-state index contributed by atoms with van der Waals surface area (Å²) in [5.41, 5.74) is -2.44. The molecule has 0 saturated heterocycles. The normalized spacial score (nSPS) is 13.1. The molecule has 0 atom stereocenters. The molecule has 10 heteroatoms. The van der Waals surface area contributed by atoms with Crippen LogP contribution in [-0.4, -0.2) is 22.0 Å². The molecule has 0 unspecified atom stereocenters. The first-order valence-electron chi connectivity index (χ1n) is 10.0. The van der Waals surface area contributed by atoms with Crippen molar-refractivity contribution in [1.82, 2.24) is 0 Å². The molecule has 0 saturated carbocycles. The molecule has 0 aliphatic carbocycles. The van der Waals surface area contributed by atoms with Crippen LogP contribution in [0.15, 0.2) is 24.3 Å². The first-order valence-corrected chi connectivity index (χ1v) is 13.6. The molecule has 2 aromatic carbocycles. The van der Waals surface area contributed by atoms with E-state index in [4.69, 9.17) is 0 Å². The van der Waals surface area contributed by atoms with Crippen molar-refractivity contribution in [2.75, 3.05) is 0 Å². The standard InChI is InChI=1S/C22H25F5O3SSi/c1-13(2)32(14(3)4,15(5)6)12-11-17-18(23)9-7-16-8-10-19(24)21(20(16)17)30-31(28,29)22(25,26)27/h7-10,13-15H,1-6H3. The van der Waals surface area contributed by atoms with Gasteiger partial charge >= 0.3 is 15.6 Å². The predicted molar refractivity (Wildman–Crippen MR) is 117 cm³/mol. The summed E-state index contributed by atoms with van der Waals surface area (Å²) in [6.45, 7) is 12.1. The molecule has 0 aliphatic rings. The molecule has 0 radical (unpaired) electrons. The van der Waals surface area contributed by atoms with Crippen LogP contribution >= 0.6 is 0 Å². The number of hydrogen-bond donors (Lipinski definition) is 0. The van der Waals surface area contributed by atoms with Crippen LogP contribution in [0, 0.1) is 23.1 Å². The number of halogens is 5. The van der Waals surface area contributed by atoms with Gasteiger partial charge in [-0.3, -0.25) is 0 Å². The van der Waals surface area contributed by atoms with Gasteiger partial charge in [-0.25, -0.2) is 8.78 Å². The molecule has 0 N–H and O–H groups in total. The third-order valence-electron chi connectivity index (χ3n) is 5.79. The number of rotatable bonds is 5. The van der Waals surface area contributed by atoms with Crippen molar-refractivity contribution >= 4 is 29.0 Å². The highest BCUT2D eigenvalue weighted by atomic mass is 32.2. The smallest absolute Gasteiger partial charge is 0.372 e. The maximum Gasteiger partial charge on any atom is 0.534 e. The van der Waals surface area contributed by atoms with E-state index in [2.05, 4.69) is 15.6 Å². The minimum atomic E-state index is -6.18. The minimum absolute atomic E-state index is 0.0929. The van der Waals surface area contributed by atoms with Gasteiger partial charge in [0.15, 0.2) is 11.6 Å². The summed E-state index contributed by atoms with van der Waals surface area (Å²) < 4.78 is 95.2. The van der Waals surface area contributed by atoms with Crippen LogP contribution < -0.4 is 4.18 Å². The molecule has 0 heterocycles. The van der Waals surface area contributed by atoms with E-state index in [0.717, 1.165) is 12.1 Å². The quantitative estimate of drug-likeness (QED) is 0.150. The Hall–Kier alpha value is -2.12. The summed E-state index contributed by atoms with van der Waals surface area (Å²) in [6, 6.07) is 4.20. The highest BCUT2D eigenvalue weighted by Crippen LogP contribution is 2.41. The molecule has 3 nitrogen and oxygen atoms in total. The van der Waals surface area contributed by atoms with Gasteiger partial charge in [0.25, 0.3) is 0 Å². The van der Waals surface area contributed by atoms with Crippen molar-refractivity contribution in [3.8, 4) is 17.2 Å². The molecular weight excluding hydrogens is 467 g/mol. The van der Waals surface area contributed by atoms with Gasteiger partial charge in [-0.05, 0) is 34.1 Å². The fraction of sp³-hybridized carbons (Fsp3) is 0.455. The van der Waals surface area contributed by atoms with Gasteiger partial charge in [0.1, 0.15) is 13.9 Å². The fourth-order valence-corrected chi connectivity index (χ4v) is 9.98. The molecule has 0 aromatic heterocycles. The summed E-state index contributed by atoms with van der Waals surface area (Å²) in [5, 5.41) is -0.361. The Morgan fingerprint density at radius 1 is 0.875 bits per heavy atom. The zero-order chi connectivity index (χ0) is 24.6. The molecule has 2 rings (SSSR count). The Balaban J connectivity index is 2.90. The SMILES string of the molecule is CC(C)[Si](C#Cc1c(F)ccc2ccc(F)c(OS(=O)(=O)C(F)(F)F)c12)(C(C)C)C(C)C. The third-order valence-corrected chi connectivity index (χ3v) is 13.0. The second-order valence-electron chi connectivity index (χ2n) is 8.53. The molecule has 32 heavy (non-hydrogen) atoms. The van der Waals surface area contributed by atoms with Gasteiger partial charge in [-0.15, -0.1) is 5.54 Å². The van der Waals surface area contributed by atoms with E-state index >= 15 is 0 Å². The molecular formula is C22H25F5O3SSi. The van der Waals surface area contributed by atoms with Crippen LogP contribution in [0.3, 0.4) is 0 Å². The van der Waals surface area contributed by atoms with Crippen LogP contribution in [0.4, 0.5) is 22.0 Å². The van der Waals surface area contributed by atoms with Crippen LogP contribution in [0.2, 0.25) is 16.6 Å². The Bertz CT molecular complexity index is 1150. The average molecular weight is 493 g/mol. The second-order valence-corrected chi connectivity index (χ2v) is 15.6. The highest BCUT2D eigenvalue weighted by Gasteiger charge is 2.49. The molecule has 0 bridgehead atoms. The predicted octanol–water partition coefficient (Wildman–Crippen LogP) is 6.92. The van der Waals surface area contributed by atoms with E-state index in [0.29, 0.717) is 0 Å². The van der Waals surface area contributed by atoms with E-state index in [9.17, 15) is 30.4 Å². The van der Waals surface area contributed by atoms with Gasteiger partial charge in [-0.2, -0.15) is 21.6 Å². The van der Waals surface area contributed by atoms with Gasteiger partial charge in [0.2, 0.25) is 0 Å². The van der Waals surface area contributed by atoms with E-state index < -0.39 is 52.0 Å². The first-order chi connectivity index (χ1) is 14.6. The molecule has 176 valence electrons. The monoisotopic (exact) mass is 492 g/mol. The number of alkyl halides is 3. The van der Waals surface area contributed by atoms with Crippen molar-refractivity contribution in [3.63, 3.8) is 0 Å². The van der Waals surface area contributed by atoms with Crippen LogP contribution in [0.1, 0.15) is 47.1 Å². The number of hydrogen-bond acceptors (Lipinski definition) is 3. The summed E-state index contributed by atoms with van der Waals surface area (Å²) in [6.07, 6.45) is 0. The molecule has 2 aromatic rings. The average Bonchev–Trinajstić information content (AvgIpc) is 2.64. The Labute approximate surface area is 186 Å². The van der Waals surface area contributed by atoms with Gasteiger partial charge in [-0.1, -0.05) is 59.6 Å². The van der Waals surface area contributed by atoms with Crippen molar-refractivity contribution in [2.45, 2.75) is 63.7 Å². The summed E-state index contributed by atoms with van der Waals surface area (Å²) in [4.78, 5) is 0. The summed E-state index contributed by atoms with van der Waals surface area (Å²) >= 11 is 0. The number of fused-ring (bicyclic) bond motifs is 1. The first kappa shape index (κ1) is 26.1. The van der Waals surface area contributed by atoms with Crippen molar-refractivity contribution in [3.05, 3.63) is 41.5 Å². The van der Waals surface area contributed by atoms with Crippen LogP contribution in [0.5, 0.6) is 5.75 Å². The molecule has 0 amide bonds. The van der Waals surface area contributed by atoms with Gasteiger partial charge < -0.3 is 4.18 Å². The highest BCUT2D eigenvalue weighted by molar-refractivity contribution is 7.88. The lowest BCUT2D eigenvalue weighted by Crippen LogP contribution is -2.43. The van der Waals surface area contributed by atoms with E-state index in [-0.39, 0.29) is 22.0 Å². The Morgan fingerprint density at radius 2 is 1.34 bits per heavy atom. The molecule has 0 fully saturated rings. The molecule has 0 spiro atoms. The largest absolute Gasteiger partial charge is 0.534 e. The maximum absolute atomic E-state index is 14.8. The lowest BCUT2D eigenvalue weighted by molar-refractivity contribution is -0.0500. The van der Waals surface area contributed by atoms with Crippen LogP contribution in [-0.2, 0) is 10.1 Å². The van der Waals surface area contributed by atoms with E-state index in [1.807, 2.05) is 41.5 Å². The summed E-state index contributed by atoms with van der Waals surface area (Å²) in [5.74, 6) is -0.769. The van der Waals surface area contributed by atoms with Crippen molar-refractivity contribution in [2.24, 2.45) is 0 Å². The van der Waals surface area contributed by atoms with E-state index in [1.165, 1.54) is 12.1 Å². The lowest BCUT2D eigenvalue weighted by atomic mass is 10.0. The zero-order valence-electron chi connectivity index (χ0n) is 18.6. The molecule has 0 aliphatic heterocycles. The minimum Gasteiger partial charge on any atom is -0.372 e. The van der Waals surface area contributed by atoms with Crippen LogP contribution in [0.25, 0.3) is 10.8 Å². The Kier molecular flexibility index (Phi) is 7.37. The number of benzene rings is 2. The summed E-state index contributed by atoms with van der Waals surface area (Å²) in [7, 11) is -8.57. The zero-order valence-corrected chi connectivity index (χ0v) is 20.4. The maximum atomic E-state index is 14.8. The van der Waals surface area contributed by atoms with Gasteiger partial charge in [0.05, 0.1) is 5.56 Å². The lowest BCUT2D eigenvalue weighted by Gasteiger charge is -2.38. The fourth-order valence-electron chi connectivity index (χ4n) is 4.30. The third kappa shape index (κ3) is 4.64. The Morgan fingerprint density at radius 3 is 1.78 bits per heavy atom.